The summed E-state index contributed by atoms with van der Waals surface area (Å²) >= 11 is 0. The second kappa shape index (κ2) is 5.24. The highest BCUT2D eigenvalue weighted by molar-refractivity contribution is 7.93. The third-order valence-electron chi connectivity index (χ3n) is 3.28. The number of hydrogen-bond donors (Lipinski definition) is 1. The first-order chi connectivity index (χ1) is 8.51. The average molecular weight is 272 g/mol. The first-order valence-electron chi connectivity index (χ1n) is 5.96. The highest BCUT2D eigenvalue weighted by Gasteiger charge is 2.31. The SMILES string of the molecule is CN(c1ccc(F)cc1)S(=O)(=O)C1CCNCC1. The topological polar surface area (TPSA) is 49.4 Å². The Kier molecular flexibility index (Phi) is 3.87. The van der Waals surface area contributed by atoms with Crippen molar-refractivity contribution in [1.82, 2.24) is 5.32 Å². The Morgan fingerprint density at radius 2 is 1.78 bits per heavy atom. The van der Waals surface area contributed by atoms with Gasteiger partial charge in [0.2, 0.25) is 10.0 Å². The van der Waals surface area contributed by atoms with Crippen LogP contribution in [0.5, 0.6) is 0 Å². The molecule has 1 aliphatic rings. The molecule has 0 saturated carbocycles. The molecule has 1 saturated heterocycles. The van der Waals surface area contributed by atoms with E-state index in [0.717, 1.165) is 13.1 Å². The van der Waals surface area contributed by atoms with Crippen LogP contribution >= 0.6 is 0 Å². The van der Waals surface area contributed by atoms with Gasteiger partial charge in [-0.1, -0.05) is 0 Å². The fourth-order valence-electron chi connectivity index (χ4n) is 2.11. The minimum atomic E-state index is -3.36. The first kappa shape index (κ1) is 13.3. The summed E-state index contributed by atoms with van der Waals surface area (Å²) in [5.74, 6) is -0.369. The Balaban J connectivity index is 2.20. The van der Waals surface area contributed by atoms with E-state index in [1.54, 1.807) is 0 Å². The number of anilines is 1. The Labute approximate surface area is 107 Å². The van der Waals surface area contributed by atoms with Crippen LogP contribution in [0, 0.1) is 5.82 Å². The van der Waals surface area contributed by atoms with Crippen LogP contribution in [0.1, 0.15) is 12.8 Å². The minimum absolute atomic E-state index is 0.353. The maximum atomic E-state index is 12.8. The van der Waals surface area contributed by atoms with E-state index >= 15 is 0 Å². The number of nitrogens with zero attached hydrogens (tertiary/aromatic N) is 1. The minimum Gasteiger partial charge on any atom is -0.317 e. The molecule has 6 heteroatoms. The van der Waals surface area contributed by atoms with Gasteiger partial charge in [-0.3, -0.25) is 4.31 Å². The number of nitrogens with one attached hydrogen (secondary N) is 1. The summed E-state index contributed by atoms with van der Waals surface area (Å²) in [7, 11) is -1.84. The number of sulfonamides is 1. The summed E-state index contributed by atoms with van der Waals surface area (Å²) in [5.41, 5.74) is 0.495. The van der Waals surface area contributed by atoms with Crippen LogP contribution in [0.2, 0.25) is 0 Å². The van der Waals surface area contributed by atoms with Crippen LogP contribution in [0.4, 0.5) is 10.1 Å². The molecule has 1 fully saturated rings. The van der Waals surface area contributed by atoms with Crippen LogP contribution in [0.3, 0.4) is 0 Å². The van der Waals surface area contributed by atoms with Gasteiger partial charge in [-0.25, -0.2) is 12.8 Å². The van der Waals surface area contributed by atoms with Crippen molar-refractivity contribution in [2.75, 3.05) is 24.4 Å². The van der Waals surface area contributed by atoms with Gasteiger partial charge in [-0.15, -0.1) is 0 Å². The average Bonchev–Trinajstić information content (AvgIpc) is 2.40. The molecule has 2 rings (SSSR count). The molecule has 1 N–H and O–H groups in total. The number of benzene rings is 1. The highest BCUT2D eigenvalue weighted by atomic mass is 32.2. The fourth-order valence-corrected chi connectivity index (χ4v) is 3.81. The summed E-state index contributed by atoms with van der Waals surface area (Å²) in [6.45, 7) is 1.45. The van der Waals surface area contributed by atoms with Crippen LogP contribution in [0.15, 0.2) is 24.3 Å². The molecule has 1 aromatic carbocycles. The van der Waals surface area contributed by atoms with Crippen molar-refractivity contribution >= 4 is 15.7 Å². The number of rotatable bonds is 3. The highest BCUT2D eigenvalue weighted by Crippen LogP contribution is 2.23. The van der Waals surface area contributed by atoms with Crippen LogP contribution in [0.25, 0.3) is 0 Å². The lowest BCUT2D eigenvalue weighted by atomic mass is 10.2. The standard InChI is InChI=1S/C12H17FN2O2S/c1-15(11-4-2-10(13)3-5-11)18(16,17)12-6-8-14-9-7-12/h2-5,12,14H,6-9H2,1H3. The molecule has 1 aromatic rings. The molecule has 0 aromatic heterocycles. The molecule has 1 heterocycles. The summed E-state index contributed by atoms with van der Waals surface area (Å²) in [5, 5.41) is 2.79. The van der Waals surface area contributed by atoms with E-state index in [0.29, 0.717) is 18.5 Å². The Bertz CT molecular complexity index is 495. The fraction of sp³-hybridized carbons (Fsp3) is 0.500. The van der Waals surface area contributed by atoms with E-state index in [1.807, 2.05) is 0 Å². The Morgan fingerprint density at radius 1 is 1.22 bits per heavy atom. The van der Waals surface area contributed by atoms with Crippen molar-refractivity contribution in [3.8, 4) is 0 Å². The summed E-state index contributed by atoms with van der Waals surface area (Å²) in [6, 6.07) is 5.50. The molecule has 100 valence electrons. The Morgan fingerprint density at radius 3 is 2.33 bits per heavy atom. The van der Waals surface area contributed by atoms with E-state index in [4.69, 9.17) is 0 Å². The second-order valence-electron chi connectivity index (χ2n) is 4.44. The second-order valence-corrected chi connectivity index (χ2v) is 6.68. The number of halogens is 1. The molecule has 0 radical (unpaired) electrons. The summed E-state index contributed by atoms with van der Waals surface area (Å²) in [4.78, 5) is 0. The van der Waals surface area contributed by atoms with Crippen molar-refractivity contribution in [1.29, 1.82) is 0 Å². The molecule has 0 amide bonds. The predicted molar refractivity (Wildman–Crippen MR) is 69.6 cm³/mol. The smallest absolute Gasteiger partial charge is 0.237 e. The third-order valence-corrected chi connectivity index (χ3v) is 5.57. The van der Waals surface area contributed by atoms with Crippen molar-refractivity contribution in [3.63, 3.8) is 0 Å². The normalized spacial score (nSPS) is 17.7. The molecular formula is C12H17FN2O2S. The number of hydrogen-bond acceptors (Lipinski definition) is 3. The van der Waals surface area contributed by atoms with Crippen molar-refractivity contribution < 1.29 is 12.8 Å². The zero-order valence-electron chi connectivity index (χ0n) is 10.3. The van der Waals surface area contributed by atoms with E-state index in [9.17, 15) is 12.8 Å². The maximum absolute atomic E-state index is 12.8. The molecule has 0 bridgehead atoms. The van der Waals surface area contributed by atoms with Gasteiger partial charge < -0.3 is 5.32 Å². The van der Waals surface area contributed by atoms with Gasteiger partial charge >= 0.3 is 0 Å². The molecule has 0 spiro atoms. The molecule has 0 unspecified atom stereocenters. The van der Waals surface area contributed by atoms with Crippen molar-refractivity contribution in [3.05, 3.63) is 30.1 Å². The molecule has 18 heavy (non-hydrogen) atoms. The van der Waals surface area contributed by atoms with E-state index in [-0.39, 0.29) is 11.1 Å². The monoisotopic (exact) mass is 272 g/mol. The van der Waals surface area contributed by atoms with Crippen LogP contribution < -0.4 is 9.62 Å². The maximum Gasteiger partial charge on any atom is 0.237 e. The van der Waals surface area contributed by atoms with Gasteiger partial charge in [0.05, 0.1) is 10.9 Å². The lowest BCUT2D eigenvalue weighted by Crippen LogP contribution is -2.42. The zero-order valence-corrected chi connectivity index (χ0v) is 11.1. The quantitative estimate of drug-likeness (QED) is 0.903. The molecule has 1 aliphatic heterocycles. The molecule has 0 atom stereocenters. The van der Waals surface area contributed by atoms with Crippen molar-refractivity contribution in [2.24, 2.45) is 0 Å². The van der Waals surface area contributed by atoms with Gasteiger partial charge in [-0.2, -0.15) is 0 Å². The predicted octanol–water partition coefficient (Wildman–Crippen LogP) is 1.34. The van der Waals surface area contributed by atoms with Gasteiger partial charge in [0, 0.05) is 7.05 Å². The Hall–Kier alpha value is -1.14. The van der Waals surface area contributed by atoms with Gasteiger partial charge in [0.25, 0.3) is 0 Å². The van der Waals surface area contributed by atoms with Gasteiger partial charge in [0.15, 0.2) is 0 Å². The van der Waals surface area contributed by atoms with E-state index < -0.39 is 10.0 Å². The van der Waals surface area contributed by atoms with E-state index in [1.165, 1.54) is 35.6 Å². The van der Waals surface area contributed by atoms with E-state index in [2.05, 4.69) is 5.32 Å². The van der Waals surface area contributed by atoms with Gasteiger partial charge in [-0.05, 0) is 50.2 Å². The number of piperidine rings is 1. The third kappa shape index (κ3) is 2.64. The molecule has 0 aliphatic carbocycles. The van der Waals surface area contributed by atoms with Crippen molar-refractivity contribution in [2.45, 2.75) is 18.1 Å². The first-order valence-corrected chi connectivity index (χ1v) is 7.46. The zero-order chi connectivity index (χ0) is 13.2. The summed E-state index contributed by atoms with van der Waals surface area (Å²) < 4.78 is 38.8. The van der Waals surface area contributed by atoms with Crippen LogP contribution in [-0.2, 0) is 10.0 Å². The van der Waals surface area contributed by atoms with Crippen LogP contribution in [-0.4, -0.2) is 33.8 Å². The molecular weight excluding hydrogens is 255 g/mol. The lowest BCUT2D eigenvalue weighted by molar-refractivity contribution is 0.495. The largest absolute Gasteiger partial charge is 0.317 e. The summed E-state index contributed by atoms with van der Waals surface area (Å²) in [6.07, 6.45) is 1.24. The molecule has 4 nitrogen and oxygen atoms in total. The van der Waals surface area contributed by atoms with Gasteiger partial charge in [0.1, 0.15) is 5.82 Å². The lowest BCUT2D eigenvalue weighted by Gasteiger charge is -2.28.